The van der Waals surface area contributed by atoms with Crippen LogP contribution in [0.5, 0.6) is 0 Å². The molecule has 0 saturated carbocycles. The van der Waals surface area contributed by atoms with E-state index >= 15 is 0 Å². The summed E-state index contributed by atoms with van der Waals surface area (Å²) < 4.78 is 24.3. The Labute approximate surface area is 542 Å². The lowest BCUT2D eigenvalue weighted by Gasteiger charge is -2.38. The maximum absolute atomic E-state index is 13.3. The van der Waals surface area contributed by atoms with Gasteiger partial charge in [-0.15, -0.1) is 0 Å². The summed E-state index contributed by atoms with van der Waals surface area (Å²) in [5.74, 6) is -0.672. The normalized spacial score (nSPS) is 11.8. The van der Waals surface area contributed by atoms with Crippen LogP contribution >= 0.6 is 0 Å². The molecule has 0 atom stereocenters. The molecule has 0 fully saturated rings. The number of nitrogens with zero attached hydrogens (tertiary/aromatic N) is 2. The molecule has 0 heterocycles. The van der Waals surface area contributed by atoms with Crippen LogP contribution in [0.4, 0.5) is 0 Å². The van der Waals surface area contributed by atoms with E-state index in [9.17, 15) is 19.2 Å². The fourth-order valence-corrected chi connectivity index (χ4v) is 12.5. The molecule has 0 rings (SSSR count). The van der Waals surface area contributed by atoms with E-state index in [0.717, 1.165) is 70.9 Å². The van der Waals surface area contributed by atoms with Crippen molar-refractivity contribution in [3.8, 4) is 0 Å². The average Bonchev–Trinajstić information content (AvgIpc) is 3.67. The highest BCUT2D eigenvalue weighted by Gasteiger charge is 2.30. The number of unbranched alkanes of at least 4 members (excludes halogenated alkanes) is 48. The maximum Gasteiger partial charge on any atom is 0.311 e. The highest BCUT2D eigenvalue weighted by molar-refractivity contribution is 5.70. The third kappa shape index (κ3) is 63.7. The van der Waals surface area contributed by atoms with Gasteiger partial charge >= 0.3 is 23.9 Å². The van der Waals surface area contributed by atoms with E-state index in [2.05, 4.69) is 41.8 Å². The van der Waals surface area contributed by atoms with E-state index in [1.807, 2.05) is 0 Å². The molecular weight excluding hydrogens is 1080 g/mol. The second-order valence-electron chi connectivity index (χ2n) is 27.8. The van der Waals surface area contributed by atoms with Crippen molar-refractivity contribution in [2.75, 3.05) is 79.8 Å². The van der Waals surface area contributed by atoms with Crippen molar-refractivity contribution >= 4 is 23.9 Å². The van der Waals surface area contributed by atoms with Crippen molar-refractivity contribution in [2.45, 2.75) is 394 Å². The Morgan fingerprint density at radius 3 is 0.483 bits per heavy atom. The molecule has 0 bridgehead atoms. The first-order valence-electron chi connectivity index (χ1n) is 38.8. The van der Waals surface area contributed by atoms with Gasteiger partial charge in [-0.3, -0.25) is 19.2 Å². The molecule has 10 nitrogen and oxygen atoms in total. The summed E-state index contributed by atoms with van der Waals surface area (Å²) in [5.41, 5.74) is 0. The molecule has 0 N–H and O–H groups in total. The van der Waals surface area contributed by atoms with Gasteiger partial charge in [0.2, 0.25) is 0 Å². The van der Waals surface area contributed by atoms with Crippen molar-refractivity contribution in [2.24, 2.45) is 0 Å². The van der Waals surface area contributed by atoms with E-state index in [-0.39, 0.29) is 23.9 Å². The fourth-order valence-electron chi connectivity index (χ4n) is 12.5. The lowest BCUT2D eigenvalue weighted by Crippen LogP contribution is -2.51. The number of esters is 4. The molecular formula is C77H152N2O8+2. The number of hydrogen-bond donors (Lipinski definition) is 0. The average molecular weight is 1230 g/mol. The Hall–Kier alpha value is -2.20. The van der Waals surface area contributed by atoms with Gasteiger partial charge < -0.3 is 27.9 Å². The first-order chi connectivity index (χ1) is 42.5. The number of ether oxygens (including phenoxy) is 4. The quantitative estimate of drug-likeness (QED) is 0.0257. The zero-order valence-electron chi connectivity index (χ0n) is 59.5. The molecule has 0 aliphatic heterocycles. The third-order valence-electron chi connectivity index (χ3n) is 18.9. The molecule has 0 unspecified atom stereocenters. The molecule has 0 amide bonds. The third-order valence-corrected chi connectivity index (χ3v) is 18.9. The van der Waals surface area contributed by atoms with E-state index in [4.69, 9.17) is 18.9 Å². The minimum atomic E-state index is -0.168. The highest BCUT2D eigenvalue weighted by Crippen LogP contribution is 2.19. The van der Waals surface area contributed by atoms with Crippen molar-refractivity contribution in [3.63, 3.8) is 0 Å². The minimum Gasteiger partial charge on any atom is -0.466 e. The van der Waals surface area contributed by atoms with Gasteiger partial charge in [-0.25, -0.2) is 0 Å². The van der Waals surface area contributed by atoms with E-state index in [1.165, 1.54) is 283 Å². The van der Waals surface area contributed by atoms with Gasteiger partial charge in [0.05, 0.1) is 105 Å². The lowest BCUT2D eigenvalue weighted by molar-refractivity contribution is -0.927. The van der Waals surface area contributed by atoms with Gasteiger partial charge in [-0.1, -0.05) is 336 Å². The SMILES string of the molecule is CCCCCCCCCCCCCCCOC(=O)CC[N+](C)(CCC[N+](C)(CCC(=O)OCCCCCCCCCCCCCCC)CCC(=O)OCCCCCCCCCCCCCCC)CCC(=O)OCCCCCCCCCCCCCCC. The monoisotopic (exact) mass is 1230 g/mol. The Bertz CT molecular complexity index is 1270. The summed E-state index contributed by atoms with van der Waals surface area (Å²) in [6.07, 6.45) is 68.5. The molecule has 0 saturated heterocycles. The maximum atomic E-state index is 13.3. The van der Waals surface area contributed by atoms with E-state index < -0.39 is 0 Å². The summed E-state index contributed by atoms with van der Waals surface area (Å²) in [4.78, 5) is 53.0. The van der Waals surface area contributed by atoms with E-state index in [0.29, 0.717) is 87.3 Å². The van der Waals surface area contributed by atoms with Crippen LogP contribution < -0.4 is 0 Å². The number of carbonyl (C=O) groups excluding carboxylic acids is 4. The zero-order valence-corrected chi connectivity index (χ0v) is 59.5. The van der Waals surface area contributed by atoms with Crippen LogP contribution in [0.1, 0.15) is 394 Å². The molecule has 0 radical (unpaired) electrons. The largest absolute Gasteiger partial charge is 0.466 e. The molecule has 0 aromatic rings. The summed E-state index contributed by atoms with van der Waals surface area (Å²) in [5, 5.41) is 0. The fraction of sp³-hybridized carbons (Fsp3) is 0.948. The lowest BCUT2D eigenvalue weighted by atomic mass is 10.0. The predicted molar refractivity (Wildman–Crippen MR) is 371 cm³/mol. The van der Waals surface area contributed by atoms with Gasteiger partial charge in [0.1, 0.15) is 0 Å². The Morgan fingerprint density at radius 2 is 0.333 bits per heavy atom. The second-order valence-corrected chi connectivity index (χ2v) is 27.8. The summed E-state index contributed by atoms with van der Waals surface area (Å²) in [6.45, 7) is 14.8. The summed E-state index contributed by atoms with van der Waals surface area (Å²) in [6, 6.07) is 0. The molecule has 10 heteroatoms. The Kier molecular flexibility index (Phi) is 65.0. The molecule has 0 aliphatic carbocycles. The van der Waals surface area contributed by atoms with Crippen LogP contribution in [-0.2, 0) is 38.1 Å². The Morgan fingerprint density at radius 1 is 0.195 bits per heavy atom. The van der Waals surface area contributed by atoms with Crippen LogP contribution in [0.3, 0.4) is 0 Å². The van der Waals surface area contributed by atoms with Crippen LogP contribution in [0.15, 0.2) is 0 Å². The highest BCUT2D eigenvalue weighted by atomic mass is 16.5. The van der Waals surface area contributed by atoms with Gasteiger partial charge in [-0.05, 0) is 25.7 Å². The first-order valence-corrected chi connectivity index (χ1v) is 38.8. The summed E-state index contributed by atoms with van der Waals surface area (Å²) >= 11 is 0. The van der Waals surface area contributed by atoms with E-state index in [1.54, 1.807) is 0 Å². The zero-order chi connectivity index (χ0) is 63.5. The number of rotatable bonds is 72. The topological polar surface area (TPSA) is 105 Å². The minimum absolute atomic E-state index is 0.168. The van der Waals surface area contributed by atoms with Crippen molar-refractivity contribution in [1.82, 2.24) is 0 Å². The molecule has 0 aliphatic rings. The first kappa shape index (κ1) is 84.8. The van der Waals surface area contributed by atoms with Gasteiger partial charge in [0.25, 0.3) is 0 Å². The predicted octanol–water partition coefficient (Wildman–Crippen LogP) is 22.4. The molecule has 0 aromatic heterocycles. The second kappa shape index (κ2) is 66.7. The van der Waals surface area contributed by atoms with Gasteiger partial charge in [0.15, 0.2) is 0 Å². The van der Waals surface area contributed by atoms with Crippen LogP contribution in [0.25, 0.3) is 0 Å². The van der Waals surface area contributed by atoms with Crippen molar-refractivity contribution in [3.05, 3.63) is 0 Å². The molecule has 0 aromatic carbocycles. The van der Waals surface area contributed by atoms with Crippen molar-refractivity contribution < 1.29 is 47.1 Å². The standard InChI is InChI=1S/C77H152N2O8/c1-7-11-15-19-23-27-31-35-39-43-47-51-55-70-84-74(80)60-66-78(5,67-61-75(81)85-71-56-52-48-44-40-36-32-28-24-20-16-12-8-2)64-59-65-79(6,68-62-76(82)86-72-57-53-49-45-41-37-33-29-25-21-17-13-9-3)69-63-77(83)87-73-58-54-50-46-42-38-34-30-26-22-18-14-10-4/h7-73H2,1-6H3/q+2. The Balaban J connectivity index is 5.41. The van der Waals surface area contributed by atoms with Gasteiger partial charge in [0, 0.05) is 6.42 Å². The van der Waals surface area contributed by atoms with Gasteiger partial charge in [-0.2, -0.15) is 0 Å². The molecule has 0 spiro atoms. The molecule has 516 valence electrons. The van der Waals surface area contributed by atoms with Crippen molar-refractivity contribution in [1.29, 1.82) is 0 Å². The summed E-state index contributed by atoms with van der Waals surface area (Å²) in [7, 11) is 4.32. The number of quaternary nitrogens is 2. The number of carbonyl (C=O) groups is 4. The van der Waals surface area contributed by atoms with Crippen LogP contribution in [0.2, 0.25) is 0 Å². The smallest absolute Gasteiger partial charge is 0.311 e. The number of hydrogen-bond acceptors (Lipinski definition) is 8. The van der Waals surface area contributed by atoms with Crippen LogP contribution in [-0.4, -0.2) is 113 Å². The molecule has 87 heavy (non-hydrogen) atoms. The van der Waals surface area contributed by atoms with Crippen LogP contribution in [0, 0.1) is 0 Å².